The second-order valence-corrected chi connectivity index (χ2v) is 4.76. The van der Waals surface area contributed by atoms with Gasteiger partial charge < -0.3 is 4.10 Å². The fraction of sp³-hybridized carbons (Fsp3) is 1.00. The van der Waals surface area contributed by atoms with E-state index < -0.39 is 22.5 Å². The Kier molecular flexibility index (Phi) is 5.65. The van der Waals surface area contributed by atoms with Gasteiger partial charge in [0.15, 0.2) is 0 Å². The van der Waals surface area contributed by atoms with Crippen molar-refractivity contribution in [2.24, 2.45) is 0 Å². The molecule has 0 aromatic rings. The molecule has 0 aromatic heterocycles. The topological polar surface area (TPSA) is 43.4 Å². The van der Waals surface area contributed by atoms with E-state index in [2.05, 4.69) is 4.10 Å². The molecule has 0 aromatic carbocycles. The van der Waals surface area contributed by atoms with Gasteiger partial charge in [0, 0.05) is 0 Å². The number of alkyl halides is 3. The smallest absolute Gasteiger partial charge is 0.327 e. The van der Waals surface area contributed by atoms with Crippen LogP contribution < -0.4 is 0 Å². The zero-order valence-electron chi connectivity index (χ0n) is 8.67. The van der Waals surface area contributed by atoms with Crippen molar-refractivity contribution in [3.05, 3.63) is 0 Å². The summed E-state index contributed by atoms with van der Waals surface area (Å²) in [6, 6.07) is 0. The van der Waals surface area contributed by atoms with Crippen LogP contribution in [0, 0.1) is 0 Å². The molecule has 0 unspecified atom stereocenters. The minimum absolute atomic E-state index is 0.309. The van der Waals surface area contributed by atoms with Crippen LogP contribution in [0.1, 0.15) is 26.7 Å². The highest BCUT2D eigenvalue weighted by atomic mass is 32.2. The average Bonchev–Trinajstić information content (AvgIpc) is 2.02. The third-order valence-electron chi connectivity index (χ3n) is 1.77. The van der Waals surface area contributed by atoms with Crippen LogP contribution in [0.3, 0.4) is 0 Å². The number of halogens is 3. The van der Waals surface area contributed by atoms with Crippen molar-refractivity contribution in [1.29, 1.82) is 0 Å². The van der Waals surface area contributed by atoms with E-state index in [1.165, 1.54) is 0 Å². The molecule has 90 valence electrons. The summed E-state index contributed by atoms with van der Waals surface area (Å²) in [6.45, 7) is 2.64. The molecule has 0 radical (unpaired) electrons. The molecule has 0 rings (SSSR count). The highest BCUT2D eigenvalue weighted by Crippen LogP contribution is 2.26. The first-order valence-electron chi connectivity index (χ1n) is 4.74. The van der Waals surface area contributed by atoms with E-state index in [9.17, 15) is 21.6 Å². The largest absolute Gasteiger partial charge is 0.521 e. The zero-order chi connectivity index (χ0) is 12.1. The highest BCUT2D eigenvalue weighted by molar-refractivity contribution is 7.88. The van der Waals surface area contributed by atoms with Crippen LogP contribution in [0.25, 0.3) is 0 Å². The summed E-state index contributed by atoms with van der Waals surface area (Å²) in [4.78, 5) is 0. The summed E-state index contributed by atoms with van der Waals surface area (Å²) in [5, 5.41) is 0. The minimum Gasteiger partial charge on any atom is -0.327 e. The van der Waals surface area contributed by atoms with E-state index in [-0.39, 0.29) is 0 Å². The van der Waals surface area contributed by atoms with Gasteiger partial charge in [-0.2, -0.15) is 21.6 Å². The maximum atomic E-state index is 12.0. The summed E-state index contributed by atoms with van der Waals surface area (Å²) < 4.78 is 61.3. The number of rotatable bonds is 6. The summed E-state index contributed by atoms with van der Waals surface area (Å²) in [7, 11) is -5.44. The molecule has 0 saturated heterocycles. The number of hydrogen-bond donors (Lipinski definition) is 0. The quantitative estimate of drug-likeness (QED) is 0.534. The predicted molar refractivity (Wildman–Crippen MR) is 52.0 cm³/mol. The first kappa shape index (κ1) is 14.8. The van der Waals surface area contributed by atoms with Crippen LogP contribution in [0.4, 0.5) is 13.2 Å². The van der Waals surface area contributed by atoms with Crippen LogP contribution in [-0.4, -0.2) is 20.8 Å². The first-order valence-corrected chi connectivity index (χ1v) is 6.15. The van der Waals surface area contributed by atoms with Crippen molar-refractivity contribution in [3.63, 3.8) is 0 Å². The van der Waals surface area contributed by atoms with Crippen LogP contribution in [0.2, 0.25) is 12.6 Å². The maximum Gasteiger partial charge on any atom is 0.521 e. The van der Waals surface area contributed by atoms with Crippen molar-refractivity contribution in [2.75, 3.05) is 0 Å². The van der Waals surface area contributed by atoms with Crippen LogP contribution in [-0.2, 0) is 14.2 Å². The molecular weight excluding hydrogens is 232 g/mol. The van der Waals surface area contributed by atoms with Crippen molar-refractivity contribution >= 4 is 17.0 Å². The molecule has 0 bridgehead atoms. The Labute approximate surface area is 88.2 Å². The monoisotopic (exact) mass is 246 g/mol. The van der Waals surface area contributed by atoms with Crippen LogP contribution in [0.5, 0.6) is 0 Å². The Morgan fingerprint density at radius 1 is 1.13 bits per heavy atom. The number of hydrogen-bond acceptors (Lipinski definition) is 3. The molecule has 0 amide bonds. The Morgan fingerprint density at radius 2 is 1.53 bits per heavy atom. The van der Waals surface area contributed by atoms with E-state index >= 15 is 0 Å². The summed E-state index contributed by atoms with van der Waals surface area (Å²) in [5.74, 6) is 0. The lowest BCUT2D eigenvalue weighted by Gasteiger charge is -2.14. The second kappa shape index (κ2) is 5.74. The van der Waals surface area contributed by atoms with E-state index in [0.717, 1.165) is 0 Å². The molecule has 3 nitrogen and oxygen atoms in total. The molecule has 0 aliphatic rings. The Balaban J connectivity index is 4.53. The van der Waals surface area contributed by atoms with E-state index in [4.69, 9.17) is 0 Å². The molecule has 0 heterocycles. The van der Waals surface area contributed by atoms with Crippen molar-refractivity contribution < 1.29 is 25.7 Å². The van der Waals surface area contributed by atoms with Crippen molar-refractivity contribution in [2.45, 2.75) is 44.8 Å². The fourth-order valence-corrected chi connectivity index (χ4v) is 1.78. The van der Waals surface area contributed by atoms with E-state index in [1.807, 2.05) is 0 Å². The van der Waals surface area contributed by atoms with Gasteiger partial charge in [0.2, 0.25) is 0 Å². The molecule has 0 aliphatic heterocycles. The minimum atomic E-state index is -5.44. The predicted octanol–water partition coefficient (Wildman–Crippen LogP) is 2.66. The van der Waals surface area contributed by atoms with Gasteiger partial charge in [-0.1, -0.05) is 26.7 Å². The summed E-state index contributed by atoms with van der Waals surface area (Å²) in [5.41, 5.74) is -5.33. The van der Waals surface area contributed by atoms with Gasteiger partial charge in [-0.3, -0.25) is 0 Å². The van der Waals surface area contributed by atoms with Gasteiger partial charge in [-0.25, -0.2) is 0 Å². The molecule has 0 spiro atoms. The zero-order valence-corrected chi connectivity index (χ0v) is 9.49. The fourth-order valence-electron chi connectivity index (χ4n) is 1.12. The van der Waals surface area contributed by atoms with Gasteiger partial charge >= 0.3 is 22.5 Å². The normalized spacial score (nSPS) is 12.9. The highest BCUT2D eigenvalue weighted by Gasteiger charge is 2.48. The van der Waals surface area contributed by atoms with E-state index in [0.29, 0.717) is 25.5 Å². The summed E-state index contributed by atoms with van der Waals surface area (Å²) >= 11 is 0. The third-order valence-corrected chi connectivity index (χ3v) is 2.86. The Hall–Kier alpha value is -0.235. The summed E-state index contributed by atoms with van der Waals surface area (Å²) in [6.07, 6.45) is 1.78. The van der Waals surface area contributed by atoms with Gasteiger partial charge in [-0.15, -0.1) is 0 Å². The van der Waals surface area contributed by atoms with Gasteiger partial charge in [0.25, 0.3) is 0 Å². The SMILES string of the molecule is CCCB(CCC)OS(=O)(=O)C(F)(F)F. The molecular formula is C7H14BF3O3S. The van der Waals surface area contributed by atoms with Crippen LogP contribution >= 0.6 is 0 Å². The third kappa shape index (κ3) is 4.88. The van der Waals surface area contributed by atoms with Gasteiger partial charge in [0.1, 0.15) is 0 Å². The van der Waals surface area contributed by atoms with E-state index in [1.54, 1.807) is 13.8 Å². The average molecular weight is 246 g/mol. The molecule has 0 fully saturated rings. The van der Waals surface area contributed by atoms with Crippen molar-refractivity contribution in [1.82, 2.24) is 0 Å². The lowest BCUT2D eigenvalue weighted by atomic mass is 9.61. The molecule has 0 N–H and O–H groups in total. The molecule has 8 heteroatoms. The lowest BCUT2D eigenvalue weighted by Crippen LogP contribution is -2.32. The van der Waals surface area contributed by atoms with Crippen molar-refractivity contribution in [3.8, 4) is 0 Å². The van der Waals surface area contributed by atoms with Gasteiger partial charge in [-0.05, 0) is 12.6 Å². The Bertz CT molecular complexity index is 270. The molecule has 0 atom stereocenters. The Morgan fingerprint density at radius 3 is 1.80 bits per heavy atom. The van der Waals surface area contributed by atoms with Gasteiger partial charge in [0.05, 0.1) is 0 Å². The standard InChI is InChI=1S/C7H14BF3O3S/c1-3-5-8(6-4-2)14-15(12,13)7(9,10)11/h3-6H2,1-2H3. The molecule has 0 aliphatic carbocycles. The van der Waals surface area contributed by atoms with Crippen LogP contribution in [0.15, 0.2) is 0 Å². The molecule has 15 heavy (non-hydrogen) atoms. The lowest BCUT2D eigenvalue weighted by molar-refractivity contribution is -0.0501. The molecule has 0 saturated carbocycles. The second-order valence-electron chi connectivity index (χ2n) is 3.20. The first-order chi connectivity index (χ1) is 6.74. The maximum absolute atomic E-state index is 12.0.